The molecule has 1 aliphatic carbocycles. The van der Waals surface area contributed by atoms with Gasteiger partial charge in [-0.3, -0.25) is 4.79 Å². The second-order valence-electron chi connectivity index (χ2n) is 4.56. The first-order valence-electron chi connectivity index (χ1n) is 5.75. The third kappa shape index (κ3) is 1.99. The lowest BCUT2D eigenvalue weighted by atomic mass is 9.93. The summed E-state index contributed by atoms with van der Waals surface area (Å²) in [6.45, 7) is 3.00. The molecular formula is C12H19NO. The quantitative estimate of drug-likeness (QED) is 0.626. The standard InChI is InChI=1S/C12H19NO/c1-10-7-8-13(12(14)9-10)11-5-3-2-4-6-11/h9,11H,2-8H2,1H3. The van der Waals surface area contributed by atoms with Gasteiger partial charge in [0.25, 0.3) is 0 Å². The van der Waals surface area contributed by atoms with E-state index in [0.717, 1.165) is 13.0 Å². The number of carbonyl (C=O) groups excluding carboxylic acids is 1. The average molecular weight is 193 g/mol. The fourth-order valence-corrected chi connectivity index (χ4v) is 2.53. The molecule has 0 N–H and O–H groups in total. The maximum atomic E-state index is 11.8. The molecule has 0 aromatic heterocycles. The van der Waals surface area contributed by atoms with Crippen LogP contribution in [-0.4, -0.2) is 23.4 Å². The lowest BCUT2D eigenvalue weighted by Crippen LogP contribution is -2.43. The van der Waals surface area contributed by atoms with E-state index in [1.165, 1.54) is 37.7 Å². The Hall–Kier alpha value is -0.790. The lowest BCUT2D eigenvalue weighted by molar-refractivity contribution is -0.129. The van der Waals surface area contributed by atoms with Crippen molar-refractivity contribution in [2.24, 2.45) is 0 Å². The third-order valence-electron chi connectivity index (χ3n) is 3.42. The molecule has 0 unspecified atom stereocenters. The normalized spacial score (nSPS) is 25.1. The number of rotatable bonds is 1. The van der Waals surface area contributed by atoms with Crippen LogP contribution in [-0.2, 0) is 4.79 Å². The monoisotopic (exact) mass is 193 g/mol. The van der Waals surface area contributed by atoms with Crippen LogP contribution in [0.1, 0.15) is 45.4 Å². The Morgan fingerprint density at radius 3 is 2.64 bits per heavy atom. The Bertz CT molecular complexity index is 251. The first kappa shape index (κ1) is 9.75. The Kier molecular flexibility index (Phi) is 2.90. The summed E-state index contributed by atoms with van der Waals surface area (Å²) < 4.78 is 0. The van der Waals surface area contributed by atoms with Crippen molar-refractivity contribution >= 4 is 5.91 Å². The van der Waals surface area contributed by atoms with Crippen molar-refractivity contribution in [3.05, 3.63) is 11.6 Å². The average Bonchev–Trinajstić information content (AvgIpc) is 2.19. The fourth-order valence-electron chi connectivity index (χ4n) is 2.53. The summed E-state index contributed by atoms with van der Waals surface area (Å²) in [4.78, 5) is 13.8. The highest BCUT2D eigenvalue weighted by molar-refractivity contribution is 5.89. The minimum absolute atomic E-state index is 0.251. The van der Waals surface area contributed by atoms with E-state index in [9.17, 15) is 4.79 Å². The summed E-state index contributed by atoms with van der Waals surface area (Å²) >= 11 is 0. The first-order valence-corrected chi connectivity index (χ1v) is 5.75. The molecule has 1 amide bonds. The minimum atomic E-state index is 0.251. The molecule has 2 heteroatoms. The van der Waals surface area contributed by atoms with Crippen LogP contribution in [0.5, 0.6) is 0 Å². The largest absolute Gasteiger partial charge is 0.336 e. The molecule has 78 valence electrons. The summed E-state index contributed by atoms with van der Waals surface area (Å²) in [5.74, 6) is 0.251. The highest BCUT2D eigenvalue weighted by Gasteiger charge is 2.25. The molecule has 0 aromatic carbocycles. The van der Waals surface area contributed by atoms with Crippen molar-refractivity contribution in [1.29, 1.82) is 0 Å². The molecule has 1 heterocycles. The number of amides is 1. The smallest absolute Gasteiger partial charge is 0.246 e. The van der Waals surface area contributed by atoms with E-state index in [-0.39, 0.29) is 5.91 Å². The van der Waals surface area contributed by atoms with Crippen LogP contribution in [0.2, 0.25) is 0 Å². The van der Waals surface area contributed by atoms with E-state index in [4.69, 9.17) is 0 Å². The molecule has 2 aliphatic rings. The third-order valence-corrected chi connectivity index (χ3v) is 3.42. The first-order chi connectivity index (χ1) is 6.77. The van der Waals surface area contributed by atoms with Crippen LogP contribution in [0.3, 0.4) is 0 Å². The Labute approximate surface area is 86.0 Å². The minimum Gasteiger partial charge on any atom is -0.336 e. The van der Waals surface area contributed by atoms with Crippen LogP contribution in [0.4, 0.5) is 0 Å². The van der Waals surface area contributed by atoms with Gasteiger partial charge < -0.3 is 4.90 Å². The van der Waals surface area contributed by atoms with Gasteiger partial charge in [-0.2, -0.15) is 0 Å². The maximum absolute atomic E-state index is 11.8. The molecule has 1 fully saturated rings. The summed E-state index contributed by atoms with van der Waals surface area (Å²) in [5.41, 5.74) is 1.24. The second kappa shape index (κ2) is 4.16. The Balaban J connectivity index is 2.00. The van der Waals surface area contributed by atoms with E-state index in [1.54, 1.807) is 0 Å². The number of hydrogen-bond acceptors (Lipinski definition) is 1. The van der Waals surface area contributed by atoms with Crippen molar-refractivity contribution in [3.63, 3.8) is 0 Å². The van der Waals surface area contributed by atoms with Gasteiger partial charge in [0.15, 0.2) is 0 Å². The zero-order valence-corrected chi connectivity index (χ0v) is 8.96. The van der Waals surface area contributed by atoms with Gasteiger partial charge in [0.1, 0.15) is 0 Å². The SMILES string of the molecule is CC1=CC(=O)N(C2CCCCC2)CC1. The van der Waals surface area contributed by atoms with Gasteiger partial charge in [0.2, 0.25) is 5.91 Å². The van der Waals surface area contributed by atoms with Gasteiger partial charge in [-0.1, -0.05) is 24.8 Å². The molecule has 2 rings (SSSR count). The van der Waals surface area contributed by atoms with Gasteiger partial charge in [-0.05, 0) is 26.2 Å². The predicted octanol–water partition coefficient (Wildman–Crippen LogP) is 2.50. The Morgan fingerprint density at radius 2 is 2.00 bits per heavy atom. The molecule has 1 aliphatic heterocycles. The zero-order chi connectivity index (χ0) is 9.97. The van der Waals surface area contributed by atoms with Crippen LogP contribution < -0.4 is 0 Å². The van der Waals surface area contributed by atoms with Gasteiger partial charge in [0.05, 0.1) is 0 Å². The summed E-state index contributed by atoms with van der Waals surface area (Å²) in [5, 5.41) is 0. The van der Waals surface area contributed by atoms with Gasteiger partial charge in [0, 0.05) is 18.7 Å². The molecule has 0 radical (unpaired) electrons. The van der Waals surface area contributed by atoms with Crippen molar-refractivity contribution in [2.45, 2.75) is 51.5 Å². The highest BCUT2D eigenvalue weighted by Crippen LogP contribution is 2.25. The van der Waals surface area contributed by atoms with Gasteiger partial charge >= 0.3 is 0 Å². The van der Waals surface area contributed by atoms with E-state index >= 15 is 0 Å². The van der Waals surface area contributed by atoms with Crippen molar-refractivity contribution in [3.8, 4) is 0 Å². The Morgan fingerprint density at radius 1 is 1.29 bits per heavy atom. The van der Waals surface area contributed by atoms with Crippen LogP contribution >= 0.6 is 0 Å². The topological polar surface area (TPSA) is 20.3 Å². The second-order valence-corrected chi connectivity index (χ2v) is 4.56. The van der Waals surface area contributed by atoms with Crippen LogP contribution in [0.25, 0.3) is 0 Å². The zero-order valence-electron chi connectivity index (χ0n) is 8.96. The molecule has 0 atom stereocenters. The maximum Gasteiger partial charge on any atom is 0.246 e. The van der Waals surface area contributed by atoms with Crippen molar-refractivity contribution in [1.82, 2.24) is 4.90 Å². The van der Waals surface area contributed by atoms with E-state index in [0.29, 0.717) is 6.04 Å². The molecule has 0 bridgehead atoms. The highest BCUT2D eigenvalue weighted by atomic mass is 16.2. The van der Waals surface area contributed by atoms with E-state index < -0.39 is 0 Å². The molecule has 0 aromatic rings. The van der Waals surface area contributed by atoms with E-state index in [2.05, 4.69) is 11.8 Å². The van der Waals surface area contributed by atoms with Crippen LogP contribution in [0, 0.1) is 0 Å². The summed E-state index contributed by atoms with van der Waals surface area (Å²) in [6.07, 6.45) is 9.29. The summed E-state index contributed by atoms with van der Waals surface area (Å²) in [6, 6.07) is 0.542. The van der Waals surface area contributed by atoms with Crippen molar-refractivity contribution < 1.29 is 4.79 Å². The molecular weight excluding hydrogens is 174 g/mol. The molecule has 14 heavy (non-hydrogen) atoms. The van der Waals surface area contributed by atoms with Gasteiger partial charge in [-0.15, -0.1) is 0 Å². The molecule has 2 nitrogen and oxygen atoms in total. The number of hydrogen-bond donors (Lipinski definition) is 0. The van der Waals surface area contributed by atoms with E-state index in [1.807, 2.05) is 6.08 Å². The van der Waals surface area contributed by atoms with Crippen molar-refractivity contribution in [2.75, 3.05) is 6.54 Å². The van der Waals surface area contributed by atoms with Crippen LogP contribution in [0.15, 0.2) is 11.6 Å². The molecule has 1 saturated carbocycles. The molecule has 0 spiro atoms. The molecule has 0 saturated heterocycles. The number of carbonyl (C=O) groups is 1. The predicted molar refractivity (Wildman–Crippen MR) is 57.0 cm³/mol. The fraction of sp³-hybridized carbons (Fsp3) is 0.750. The summed E-state index contributed by atoms with van der Waals surface area (Å²) in [7, 11) is 0. The lowest BCUT2D eigenvalue weighted by Gasteiger charge is -2.35. The van der Waals surface area contributed by atoms with Gasteiger partial charge in [-0.25, -0.2) is 0 Å². The number of nitrogens with zero attached hydrogens (tertiary/aromatic N) is 1.